The van der Waals surface area contributed by atoms with Gasteiger partial charge < -0.3 is 4.57 Å². The third kappa shape index (κ3) is 2.01. The summed E-state index contributed by atoms with van der Waals surface area (Å²) >= 11 is 0. The molecule has 0 aliphatic carbocycles. The fraction of sp³-hybridized carbons (Fsp3) is 0.250. The molecule has 2 aromatic rings. The molecule has 1 aromatic carbocycles. The predicted molar refractivity (Wildman–Crippen MR) is 73.4 cm³/mol. The molecule has 1 aliphatic heterocycles. The lowest BCUT2D eigenvalue weighted by atomic mass is 10.1. The van der Waals surface area contributed by atoms with E-state index in [0.29, 0.717) is 12.0 Å². The van der Waals surface area contributed by atoms with Gasteiger partial charge in [0, 0.05) is 24.2 Å². The maximum absolute atomic E-state index is 11.8. The molecule has 2 heterocycles. The first kappa shape index (κ1) is 11.9. The monoisotopic (exact) mass is 253 g/mol. The average Bonchev–Trinajstić information content (AvgIpc) is 2.84. The maximum atomic E-state index is 11.8. The number of nitrogens with zero attached hydrogens (tertiary/aromatic N) is 1. The highest BCUT2D eigenvalue weighted by molar-refractivity contribution is 5.97. The summed E-state index contributed by atoms with van der Waals surface area (Å²) in [6.45, 7) is 2.43. The highest BCUT2D eigenvalue weighted by Gasteiger charge is 2.20. The van der Waals surface area contributed by atoms with Crippen molar-refractivity contribution in [2.24, 2.45) is 0 Å². The lowest BCUT2D eigenvalue weighted by Gasteiger charge is -2.17. The van der Waals surface area contributed by atoms with Crippen molar-refractivity contribution in [1.29, 1.82) is 0 Å². The molecule has 0 spiro atoms. The van der Waals surface area contributed by atoms with Crippen molar-refractivity contribution in [2.45, 2.75) is 26.3 Å². The van der Waals surface area contributed by atoms with Crippen LogP contribution in [0.25, 0.3) is 11.3 Å². The van der Waals surface area contributed by atoms with E-state index in [0.717, 1.165) is 29.9 Å². The van der Waals surface area contributed by atoms with Gasteiger partial charge in [-0.15, -0.1) is 0 Å². The number of fused-ring (bicyclic) bond motifs is 1. The Labute approximate surface area is 111 Å². The highest BCUT2D eigenvalue weighted by atomic mass is 16.1. The number of carbonyl (C=O) groups is 2. The van der Waals surface area contributed by atoms with Crippen LogP contribution >= 0.6 is 0 Å². The summed E-state index contributed by atoms with van der Waals surface area (Å²) in [5.41, 5.74) is 3.50. The van der Waals surface area contributed by atoms with Crippen molar-refractivity contribution in [1.82, 2.24) is 4.57 Å². The maximum Gasteiger partial charge on any atom is 0.179 e. The summed E-state index contributed by atoms with van der Waals surface area (Å²) in [7, 11) is 0. The van der Waals surface area contributed by atoms with Crippen molar-refractivity contribution in [2.75, 3.05) is 0 Å². The van der Waals surface area contributed by atoms with Gasteiger partial charge in [0.1, 0.15) is 0 Å². The van der Waals surface area contributed by atoms with Crippen LogP contribution in [0.5, 0.6) is 0 Å². The lowest BCUT2D eigenvalue weighted by molar-refractivity contribution is 0.0954. The first-order valence-electron chi connectivity index (χ1n) is 6.51. The summed E-state index contributed by atoms with van der Waals surface area (Å²) < 4.78 is 2.06. The van der Waals surface area contributed by atoms with Gasteiger partial charge in [-0.25, -0.2) is 0 Å². The summed E-state index contributed by atoms with van der Waals surface area (Å²) in [4.78, 5) is 23.3. The quantitative estimate of drug-likeness (QED) is 0.770. The van der Waals surface area contributed by atoms with Gasteiger partial charge in [-0.2, -0.15) is 0 Å². The van der Waals surface area contributed by atoms with Crippen LogP contribution in [-0.2, 0) is 6.54 Å². The molecule has 0 bridgehead atoms. The van der Waals surface area contributed by atoms with E-state index in [4.69, 9.17) is 0 Å². The van der Waals surface area contributed by atoms with Gasteiger partial charge in [-0.05, 0) is 37.1 Å². The Bertz CT molecular complexity index is 667. The van der Waals surface area contributed by atoms with Crippen LogP contribution in [0.4, 0.5) is 0 Å². The summed E-state index contributed by atoms with van der Waals surface area (Å²) in [5.74, 6) is 0.267. The molecule has 0 N–H and O–H groups in total. The Balaban J connectivity index is 2.10. The fourth-order valence-electron chi connectivity index (χ4n) is 2.63. The summed E-state index contributed by atoms with van der Waals surface area (Å²) in [5, 5.41) is 0. The van der Waals surface area contributed by atoms with Gasteiger partial charge in [0.2, 0.25) is 0 Å². The van der Waals surface area contributed by atoms with Crippen LogP contribution in [0.1, 0.15) is 40.6 Å². The molecule has 0 fully saturated rings. The Morgan fingerprint density at radius 2 is 1.95 bits per heavy atom. The number of aromatic nitrogens is 1. The predicted octanol–water partition coefficient (Wildman–Crippen LogP) is 3.33. The number of rotatable bonds is 2. The molecule has 3 nitrogen and oxygen atoms in total. The molecular weight excluding hydrogens is 238 g/mol. The van der Waals surface area contributed by atoms with Crippen molar-refractivity contribution in [3.63, 3.8) is 0 Å². The van der Waals surface area contributed by atoms with Crippen LogP contribution in [0.3, 0.4) is 0 Å². The van der Waals surface area contributed by atoms with Gasteiger partial charge in [-0.3, -0.25) is 9.59 Å². The second-order valence-electron chi connectivity index (χ2n) is 4.92. The van der Waals surface area contributed by atoms with Crippen molar-refractivity contribution in [3.05, 3.63) is 47.7 Å². The molecule has 1 aliphatic rings. The molecular formula is C16H15NO2. The van der Waals surface area contributed by atoms with Crippen LogP contribution in [0.15, 0.2) is 36.4 Å². The van der Waals surface area contributed by atoms with E-state index >= 15 is 0 Å². The zero-order valence-corrected chi connectivity index (χ0v) is 10.8. The van der Waals surface area contributed by atoms with Crippen molar-refractivity contribution < 1.29 is 9.59 Å². The van der Waals surface area contributed by atoms with Gasteiger partial charge in [0.05, 0.1) is 5.69 Å². The molecule has 0 radical (unpaired) electrons. The SMILES string of the molecule is CC(=O)c1cccc(-c2ccc3n2CCCC3=O)c1. The normalized spacial score (nSPS) is 14.3. The molecule has 0 unspecified atom stereocenters. The molecule has 0 amide bonds. The fourth-order valence-corrected chi connectivity index (χ4v) is 2.63. The summed E-state index contributed by atoms with van der Waals surface area (Å²) in [6.07, 6.45) is 1.52. The minimum absolute atomic E-state index is 0.0587. The zero-order chi connectivity index (χ0) is 13.4. The van der Waals surface area contributed by atoms with Gasteiger partial charge in [0.15, 0.2) is 11.6 Å². The van der Waals surface area contributed by atoms with E-state index in [1.54, 1.807) is 6.92 Å². The first-order chi connectivity index (χ1) is 9.16. The lowest BCUT2D eigenvalue weighted by Crippen LogP contribution is -2.16. The molecule has 0 atom stereocenters. The molecule has 96 valence electrons. The topological polar surface area (TPSA) is 39.1 Å². The van der Waals surface area contributed by atoms with Gasteiger partial charge >= 0.3 is 0 Å². The number of hydrogen-bond acceptors (Lipinski definition) is 2. The number of carbonyl (C=O) groups excluding carboxylic acids is 2. The number of hydrogen-bond donors (Lipinski definition) is 0. The van der Waals surface area contributed by atoms with E-state index in [1.165, 1.54) is 0 Å². The molecule has 3 heteroatoms. The van der Waals surface area contributed by atoms with Crippen LogP contribution in [0, 0.1) is 0 Å². The van der Waals surface area contributed by atoms with Crippen LogP contribution < -0.4 is 0 Å². The smallest absolute Gasteiger partial charge is 0.179 e. The second-order valence-corrected chi connectivity index (χ2v) is 4.92. The number of benzene rings is 1. The standard InChI is InChI=1S/C16H15NO2/c1-11(18)12-4-2-5-13(10-12)14-7-8-15-16(19)6-3-9-17(14)15/h2,4-5,7-8,10H,3,6,9H2,1H3. The Hall–Kier alpha value is -2.16. The van der Waals surface area contributed by atoms with Crippen LogP contribution in [0.2, 0.25) is 0 Å². The molecule has 19 heavy (non-hydrogen) atoms. The molecule has 3 rings (SSSR count). The first-order valence-corrected chi connectivity index (χ1v) is 6.51. The second kappa shape index (κ2) is 4.50. The minimum atomic E-state index is 0.0587. The van der Waals surface area contributed by atoms with Crippen LogP contribution in [-0.4, -0.2) is 16.1 Å². The third-order valence-corrected chi connectivity index (χ3v) is 3.62. The zero-order valence-electron chi connectivity index (χ0n) is 10.8. The average molecular weight is 253 g/mol. The van der Waals surface area contributed by atoms with Crippen molar-refractivity contribution >= 4 is 11.6 Å². The largest absolute Gasteiger partial charge is 0.338 e. The Morgan fingerprint density at radius 3 is 2.74 bits per heavy atom. The van der Waals surface area contributed by atoms with Gasteiger partial charge in [-0.1, -0.05) is 18.2 Å². The molecule has 0 saturated carbocycles. The van der Waals surface area contributed by atoms with Crippen molar-refractivity contribution in [3.8, 4) is 11.3 Å². The minimum Gasteiger partial charge on any atom is -0.338 e. The number of ketones is 2. The highest BCUT2D eigenvalue weighted by Crippen LogP contribution is 2.27. The summed E-state index contributed by atoms with van der Waals surface area (Å²) in [6, 6.07) is 11.4. The van der Waals surface area contributed by atoms with Gasteiger partial charge in [0.25, 0.3) is 0 Å². The molecule has 0 saturated heterocycles. The Morgan fingerprint density at radius 1 is 1.16 bits per heavy atom. The molecule has 1 aromatic heterocycles. The van der Waals surface area contributed by atoms with E-state index in [1.807, 2.05) is 36.4 Å². The number of Topliss-reactive ketones (excluding diaryl/α,β-unsaturated/α-hetero) is 2. The van der Waals surface area contributed by atoms with E-state index in [-0.39, 0.29) is 11.6 Å². The van der Waals surface area contributed by atoms with E-state index in [9.17, 15) is 9.59 Å². The van der Waals surface area contributed by atoms with E-state index in [2.05, 4.69) is 4.57 Å². The Kier molecular flexibility index (Phi) is 2.82. The van der Waals surface area contributed by atoms with E-state index < -0.39 is 0 Å². The third-order valence-electron chi connectivity index (χ3n) is 3.62.